The van der Waals surface area contributed by atoms with Gasteiger partial charge in [0, 0.05) is 16.8 Å². The van der Waals surface area contributed by atoms with Crippen LogP contribution >= 0.6 is 11.6 Å². The number of aryl methyl sites for hydroxylation is 1. The summed E-state index contributed by atoms with van der Waals surface area (Å²) in [6, 6.07) is 4.85. The quantitative estimate of drug-likeness (QED) is 0.755. The maximum atomic E-state index is 13.2. The van der Waals surface area contributed by atoms with Gasteiger partial charge < -0.3 is 10.6 Å². The van der Waals surface area contributed by atoms with Gasteiger partial charge in [-0.3, -0.25) is 4.79 Å². The number of rotatable bonds is 4. The first-order chi connectivity index (χ1) is 12.7. The van der Waals surface area contributed by atoms with Crippen molar-refractivity contribution in [3.05, 3.63) is 46.2 Å². The van der Waals surface area contributed by atoms with Gasteiger partial charge in [-0.05, 0) is 44.0 Å². The van der Waals surface area contributed by atoms with Crippen LogP contribution < -0.4 is 10.6 Å². The average Bonchev–Trinajstić information content (AvgIpc) is 3.08. The third-order valence-electron chi connectivity index (χ3n) is 4.31. The largest absolute Gasteiger partial charge is 0.418 e. The molecule has 1 amide bonds. The Bertz CT molecular complexity index is 851. The molecule has 5 nitrogen and oxygen atoms in total. The highest BCUT2D eigenvalue weighted by atomic mass is 35.5. The van der Waals surface area contributed by atoms with Gasteiger partial charge in [0.25, 0.3) is 5.91 Å². The molecule has 0 unspecified atom stereocenters. The Labute approximate surface area is 159 Å². The number of anilines is 2. The lowest BCUT2D eigenvalue weighted by Crippen LogP contribution is -2.21. The number of carbonyl (C=O) groups excluding carboxylic acids is 1. The van der Waals surface area contributed by atoms with Gasteiger partial charge in [0.2, 0.25) is 5.95 Å². The van der Waals surface area contributed by atoms with Gasteiger partial charge in [0.1, 0.15) is 5.69 Å². The summed E-state index contributed by atoms with van der Waals surface area (Å²) in [5.74, 6) is -0.443. The van der Waals surface area contributed by atoms with Gasteiger partial charge >= 0.3 is 6.18 Å². The molecule has 0 bridgehead atoms. The summed E-state index contributed by atoms with van der Waals surface area (Å²) in [7, 11) is 0. The van der Waals surface area contributed by atoms with Crippen molar-refractivity contribution in [1.29, 1.82) is 0 Å². The van der Waals surface area contributed by atoms with E-state index in [1.807, 2.05) is 0 Å². The van der Waals surface area contributed by atoms with Crippen LogP contribution in [0.3, 0.4) is 0 Å². The van der Waals surface area contributed by atoms with E-state index in [-0.39, 0.29) is 22.4 Å². The van der Waals surface area contributed by atoms with Crippen molar-refractivity contribution in [2.75, 3.05) is 10.6 Å². The van der Waals surface area contributed by atoms with Crippen LogP contribution in [-0.2, 0) is 6.18 Å². The SMILES string of the molecule is Cc1cc(C(=O)Nc2ccc(Cl)cc2C(F)(F)F)nc(NC2CCCC2)n1. The minimum atomic E-state index is -4.65. The molecule has 144 valence electrons. The molecule has 9 heteroatoms. The minimum Gasteiger partial charge on any atom is -0.351 e. The molecule has 1 aliphatic rings. The van der Waals surface area contributed by atoms with E-state index < -0.39 is 17.6 Å². The summed E-state index contributed by atoms with van der Waals surface area (Å²) in [5.41, 5.74) is -0.856. The summed E-state index contributed by atoms with van der Waals surface area (Å²) in [5, 5.41) is 5.39. The second-order valence-electron chi connectivity index (χ2n) is 6.49. The Hall–Kier alpha value is -2.35. The highest BCUT2D eigenvalue weighted by Crippen LogP contribution is 2.36. The number of carbonyl (C=O) groups is 1. The fourth-order valence-corrected chi connectivity index (χ4v) is 3.22. The van der Waals surface area contributed by atoms with Crippen LogP contribution in [-0.4, -0.2) is 21.9 Å². The number of benzene rings is 1. The Kier molecular flexibility index (Phi) is 5.55. The predicted molar refractivity (Wildman–Crippen MR) is 97.1 cm³/mol. The van der Waals surface area contributed by atoms with Crippen molar-refractivity contribution in [2.24, 2.45) is 0 Å². The summed E-state index contributed by atoms with van der Waals surface area (Å²) in [6.07, 6.45) is -0.414. The standard InChI is InChI=1S/C18H18ClF3N4O/c1-10-8-15(26-17(23-10)24-12-4-2-3-5-12)16(27)25-14-7-6-11(19)9-13(14)18(20,21)22/h6-9,12H,2-5H2,1H3,(H,25,27)(H,23,24,26). The molecule has 0 atom stereocenters. The lowest BCUT2D eigenvalue weighted by Gasteiger charge is -2.15. The number of aromatic nitrogens is 2. The van der Waals surface area contributed by atoms with Crippen molar-refractivity contribution in [3.63, 3.8) is 0 Å². The molecule has 2 aromatic rings. The van der Waals surface area contributed by atoms with Gasteiger partial charge in [0.15, 0.2) is 0 Å². The smallest absolute Gasteiger partial charge is 0.351 e. The maximum Gasteiger partial charge on any atom is 0.418 e. The molecule has 1 aromatic heterocycles. The van der Waals surface area contributed by atoms with Crippen LogP contribution in [0, 0.1) is 6.92 Å². The second kappa shape index (κ2) is 7.72. The fourth-order valence-electron chi connectivity index (χ4n) is 3.05. The molecule has 1 aliphatic carbocycles. The summed E-state index contributed by atoms with van der Waals surface area (Å²) in [4.78, 5) is 20.9. The van der Waals surface area contributed by atoms with E-state index >= 15 is 0 Å². The molecule has 0 aliphatic heterocycles. The van der Waals surface area contributed by atoms with E-state index in [4.69, 9.17) is 11.6 Å². The molecule has 2 N–H and O–H groups in total. The first-order valence-electron chi connectivity index (χ1n) is 8.53. The number of alkyl halides is 3. The number of halogens is 4. The fraction of sp³-hybridized carbons (Fsp3) is 0.389. The summed E-state index contributed by atoms with van der Waals surface area (Å²) in [6.45, 7) is 1.70. The minimum absolute atomic E-state index is 0.00827. The summed E-state index contributed by atoms with van der Waals surface area (Å²) >= 11 is 5.66. The zero-order chi connectivity index (χ0) is 19.6. The number of amides is 1. The van der Waals surface area contributed by atoms with E-state index in [1.54, 1.807) is 6.92 Å². The highest BCUT2D eigenvalue weighted by molar-refractivity contribution is 6.30. The Morgan fingerprint density at radius 3 is 2.56 bits per heavy atom. The molecule has 1 aromatic carbocycles. The van der Waals surface area contributed by atoms with Crippen molar-refractivity contribution in [3.8, 4) is 0 Å². The monoisotopic (exact) mass is 398 g/mol. The molecule has 1 fully saturated rings. The van der Waals surface area contributed by atoms with Gasteiger partial charge in [0.05, 0.1) is 11.3 Å². The molecule has 0 saturated heterocycles. The van der Waals surface area contributed by atoms with E-state index in [1.165, 1.54) is 12.1 Å². The predicted octanol–water partition coefficient (Wildman–Crippen LogP) is 5.06. The van der Waals surface area contributed by atoms with Gasteiger partial charge in [-0.25, -0.2) is 9.97 Å². The highest BCUT2D eigenvalue weighted by Gasteiger charge is 2.34. The molecular weight excluding hydrogens is 381 g/mol. The van der Waals surface area contributed by atoms with E-state index in [0.29, 0.717) is 11.6 Å². The summed E-state index contributed by atoms with van der Waals surface area (Å²) < 4.78 is 39.6. The molecule has 1 saturated carbocycles. The first-order valence-corrected chi connectivity index (χ1v) is 8.90. The molecule has 27 heavy (non-hydrogen) atoms. The van der Waals surface area contributed by atoms with Gasteiger partial charge in [-0.1, -0.05) is 24.4 Å². The zero-order valence-electron chi connectivity index (χ0n) is 14.5. The second-order valence-corrected chi connectivity index (χ2v) is 6.92. The Morgan fingerprint density at radius 2 is 1.89 bits per heavy atom. The average molecular weight is 399 g/mol. The van der Waals surface area contributed by atoms with Crippen LogP contribution in [0.25, 0.3) is 0 Å². The van der Waals surface area contributed by atoms with Crippen LogP contribution in [0.15, 0.2) is 24.3 Å². The van der Waals surface area contributed by atoms with Crippen molar-refractivity contribution in [2.45, 2.75) is 44.8 Å². The number of hydrogen-bond donors (Lipinski definition) is 2. The van der Waals surface area contributed by atoms with E-state index in [0.717, 1.165) is 37.8 Å². The Morgan fingerprint density at radius 1 is 1.19 bits per heavy atom. The zero-order valence-corrected chi connectivity index (χ0v) is 15.3. The third kappa shape index (κ3) is 4.88. The molecular formula is C18H18ClF3N4O. The first kappa shape index (κ1) is 19.4. The van der Waals surface area contributed by atoms with Gasteiger partial charge in [-0.2, -0.15) is 13.2 Å². The molecule has 1 heterocycles. The van der Waals surface area contributed by atoms with E-state index in [2.05, 4.69) is 20.6 Å². The number of hydrogen-bond acceptors (Lipinski definition) is 4. The van der Waals surface area contributed by atoms with Crippen LogP contribution in [0.5, 0.6) is 0 Å². The third-order valence-corrected chi connectivity index (χ3v) is 4.55. The van der Waals surface area contributed by atoms with Crippen molar-refractivity contribution in [1.82, 2.24) is 9.97 Å². The molecule has 0 radical (unpaired) electrons. The Balaban J connectivity index is 1.83. The maximum absolute atomic E-state index is 13.2. The molecule has 3 rings (SSSR count). The van der Waals surface area contributed by atoms with Gasteiger partial charge in [-0.15, -0.1) is 0 Å². The van der Waals surface area contributed by atoms with Crippen molar-refractivity contribution < 1.29 is 18.0 Å². The van der Waals surface area contributed by atoms with Crippen LogP contribution in [0.2, 0.25) is 5.02 Å². The van der Waals surface area contributed by atoms with Crippen molar-refractivity contribution >= 4 is 29.1 Å². The lowest BCUT2D eigenvalue weighted by atomic mass is 10.1. The van der Waals surface area contributed by atoms with E-state index in [9.17, 15) is 18.0 Å². The molecule has 0 spiro atoms. The number of nitrogens with one attached hydrogen (secondary N) is 2. The van der Waals surface area contributed by atoms with Crippen LogP contribution in [0.1, 0.15) is 47.4 Å². The topological polar surface area (TPSA) is 66.9 Å². The normalized spacial score (nSPS) is 15.0. The van der Waals surface area contributed by atoms with Crippen LogP contribution in [0.4, 0.5) is 24.8 Å². The number of nitrogens with zero attached hydrogens (tertiary/aromatic N) is 2. The lowest BCUT2D eigenvalue weighted by molar-refractivity contribution is -0.136.